The summed E-state index contributed by atoms with van der Waals surface area (Å²) in [6, 6.07) is 5.93. The summed E-state index contributed by atoms with van der Waals surface area (Å²) >= 11 is 5.65. The van der Waals surface area contributed by atoms with E-state index in [1.165, 1.54) is 24.3 Å². The van der Waals surface area contributed by atoms with Gasteiger partial charge in [0, 0.05) is 5.02 Å². The van der Waals surface area contributed by atoms with Crippen molar-refractivity contribution in [3.05, 3.63) is 58.4 Å². The molecule has 0 spiro atoms. The molecule has 0 aromatic heterocycles. The molecule has 4 nitrogen and oxygen atoms in total. The summed E-state index contributed by atoms with van der Waals surface area (Å²) in [5, 5.41) is 0.444. The van der Waals surface area contributed by atoms with Crippen molar-refractivity contribution < 1.29 is 31.5 Å². The first-order chi connectivity index (χ1) is 11.3. The van der Waals surface area contributed by atoms with Gasteiger partial charge in [0.1, 0.15) is 11.4 Å². The van der Waals surface area contributed by atoms with Crippen LogP contribution in [0.1, 0.15) is 0 Å². The molecule has 10 heteroatoms. The van der Waals surface area contributed by atoms with Gasteiger partial charge in [-0.25, -0.2) is 22.0 Å². The molecule has 0 aliphatic heterocycles. The monoisotopic (exact) mass is 366 g/mol. The van der Waals surface area contributed by atoms with Crippen LogP contribution in [0.25, 0.3) is 0 Å². The van der Waals surface area contributed by atoms with Crippen molar-refractivity contribution in [2.45, 2.75) is 0 Å². The van der Waals surface area contributed by atoms with Gasteiger partial charge in [0.15, 0.2) is 29.9 Å². The molecule has 0 bridgehead atoms. The summed E-state index contributed by atoms with van der Waals surface area (Å²) < 4.78 is 70.6. The number of carbonyl (C=O) groups excluding carboxylic acids is 1. The van der Waals surface area contributed by atoms with E-state index in [1.807, 2.05) is 0 Å². The number of nitrogens with one attached hydrogen (secondary N) is 2. The Morgan fingerprint density at radius 1 is 0.917 bits per heavy atom. The molecule has 0 radical (unpaired) electrons. The molecule has 2 aromatic carbocycles. The van der Waals surface area contributed by atoms with Crippen molar-refractivity contribution in [2.24, 2.45) is 0 Å². The highest BCUT2D eigenvalue weighted by molar-refractivity contribution is 6.30. The Labute approximate surface area is 137 Å². The average molecular weight is 367 g/mol. The van der Waals surface area contributed by atoms with E-state index >= 15 is 0 Å². The maximum absolute atomic E-state index is 13.4. The maximum Gasteiger partial charge on any atom is 0.276 e. The van der Waals surface area contributed by atoms with Crippen molar-refractivity contribution in [3.63, 3.8) is 0 Å². The Hall–Kier alpha value is -2.55. The van der Waals surface area contributed by atoms with Crippen molar-refractivity contribution in [1.82, 2.24) is 5.43 Å². The van der Waals surface area contributed by atoms with E-state index in [2.05, 4.69) is 0 Å². The molecule has 0 saturated carbocycles. The van der Waals surface area contributed by atoms with Crippen molar-refractivity contribution in [2.75, 3.05) is 12.0 Å². The molecule has 0 unspecified atom stereocenters. The predicted octanol–water partition coefficient (Wildman–Crippen LogP) is 3.56. The van der Waals surface area contributed by atoms with Gasteiger partial charge in [-0.2, -0.15) is 0 Å². The zero-order valence-electron chi connectivity index (χ0n) is 11.6. The van der Waals surface area contributed by atoms with Crippen LogP contribution in [0.2, 0.25) is 5.02 Å². The highest BCUT2D eigenvalue weighted by Crippen LogP contribution is 2.26. The molecule has 24 heavy (non-hydrogen) atoms. The largest absolute Gasteiger partial charge is 0.484 e. The first-order valence-electron chi connectivity index (χ1n) is 6.26. The SMILES string of the molecule is O=C(COc1ccc(Cl)cc1)NNc1c(F)c(F)c(F)c(F)c1F. The second-order valence-corrected chi connectivity index (χ2v) is 4.80. The van der Waals surface area contributed by atoms with E-state index in [0.717, 1.165) is 0 Å². The molecule has 0 aliphatic rings. The third-order valence-corrected chi connectivity index (χ3v) is 2.97. The minimum atomic E-state index is -2.30. The molecule has 0 atom stereocenters. The van der Waals surface area contributed by atoms with E-state index in [0.29, 0.717) is 5.02 Å². The zero-order chi connectivity index (χ0) is 17.9. The smallest absolute Gasteiger partial charge is 0.276 e. The number of rotatable bonds is 5. The standard InChI is InChI=1S/C14H8ClF5N2O2/c15-6-1-3-7(4-2-6)24-5-8(23)21-22-14-12(19)10(17)9(16)11(18)13(14)20/h1-4,22H,5H2,(H,21,23). The Kier molecular flexibility index (Phi) is 5.45. The van der Waals surface area contributed by atoms with Gasteiger partial charge in [0.2, 0.25) is 5.82 Å². The number of carbonyl (C=O) groups is 1. The summed E-state index contributed by atoms with van der Waals surface area (Å²) in [4.78, 5) is 11.5. The molecule has 0 aliphatic carbocycles. The van der Waals surface area contributed by atoms with Gasteiger partial charge in [0.05, 0.1) is 0 Å². The fourth-order valence-corrected chi connectivity index (χ4v) is 1.69. The normalized spacial score (nSPS) is 10.4. The van der Waals surface area contributed by atoms with E-state index in [-0.39, 0.29) is 5.75 Å². The fraction of sp³-hybridized carbons (Fsp3) is 0.0714. The van der Waals surface area contributed by atoms with Gasteiger partial charge in [0.25, 0.3) is 5.91 Å². The number of hydrogen-bond donors (Lipinski definition) is 2. The number of hydrazine groups is 1. The van der Waals surface area contributed by atoms with Crippen LogP contribution >= 0.6 is 11.6 Å². The first kappa shape index (κ1) is 17.8. The molecule has 1 amide bonds. The van der Waals surface area contributed by atoms with Crippen molar-refractivity contribution in [3.8, 4) is 5.75 Å². The summed E-state index contributed by atoms with van der Waals surface area (Å²) in [6.45, 7) is -0.579. The molecule has 2 aromatic rings. The third-order valence-electron chi connectivity index (χ3n) is 2.72. The van der Waals surface area contributed by atoms with Crippen LogP contribution in [0.3, 0.4) is 0 Å². The Morgan fingerprint density at radius 2 is 1.42 bits per heavy atom. The lowest BCUT2D eigenvalue weighted by atomic mass is 10.2. The molecule has 0 saturated heterocycles. The third kappa shape index (κ3) is 3.85. The van der Waals surface area contributed by atoms with Gasteiger partial charge in [-0.05, 0) is 24.3 Å². The second-order valence-electron chi connectivity index (χ2n) is 4.36. The van der Waals surface area contributed by atoms with E-state index in [9.17, 15) is 26.7 Å². The number of benzene rings is 2. The molecular formula is C14H8ClF5N2O2. The molecule has 2 N–H and O–H groups in total. The van der Waals surface area contributed by atoms with Gasteiger partial charge in [-0.1, -0.05) is 11.6 Å². The van der Waals surface area contributed by atoms with Crippen molar-refractivity contribution >= 4 is 23.2 Å². The molecule has 0 fully saturated rings. The average Bonchev–Trinajstić information content (AvgIpc) is 2.57. The number of hydrogen-bond acceptors (Lipinski definition) is 3. The van der Waals surface area contributed by atoms with Crippen LogP contribution in [0, 0.1) is 29.1 Å². The number of halogens is 6. The Morgan fingerprint density at radius 3 is 1.96 bits per heavy atom. The van der Waals surface area contributed by atoms with Crippen LogP contribution in [-0.4, -0.2) is 12.5 Å². The van der Waals surface area contributed by atoms with Crippen LogP contribution in [0.15, 0.2) is 24.3 Å². The topological polar surface area (TPSA) is 50.4 Å². The van der Waals surface area contributed by atoms with Gasteiger partial charge in [-0.3, -0.25) is 15.6 Å². The highest BCUT2D eigenvalue weighted by Gasteiger charge is 2.26. The van der Waals surface area contributed by atoms with E-state index in [1.54, 1.807) is 10.9 Å². The van der Waals surface area contributed by atoms with Crippen molar-refractivity contribution in [1.29, 1.82) is 0 Å². The summed E-state index contributed by atoms with van der Waals surface area (Å²) in [5.41, 5.74) is 2.02. The van der Waals surface area contributed by atoms with Crippen LogP contribution in [0.4, 0.5) is 27.6 Å². The lowest BCUT2D eigenvalue weighted by Crippen LogP contribution is -2.34. The quantitative estimate of drug-likeness (QED) is 0.368. The van der Waals surface area contributed by atoms with Crippen LogP contribution in [0.5, 0.6) is 5.75 Å². The van der Waals surface area contributed by atoms with Gasteiger partial charge < -0.3 is 4.74 Å². The fourth-order valence-electron chi connectivity index (χ4n) is 1.56. The van der Waals surface area contributed by atoms with Crippen LogP contribution < -0.4 is 15.6 Å². The number of ether oxygens (including phenoxy) is 1. The van der Waals surface area contributed by atoms with E-state index in [4.69, 9.17) is 16.3 Å². The molecular weight excluding hydrogens is 359 g/mol. The minimum Gasteiger partial charge on any atom is -0.484 e. The highest BCUT2D eigenvalue weighted by atomic mass is 35.5. The zero-order valence-corrected chi connectivity index (χ0v) is 12.4. The number of amides is 1. The molecule has 2 rings (SSSR count). The summed E-state index contributed by atoms with van der Waals surface area (Å²) in [5.74, 6) is -11.4. The van der Waals surface area contributed by atoms with E-state index < -0.39 is 47.3 Å². The van der Waals surface area contributed by atoms with Gasteiger partial charge >= 0.3 is 0 Å². The van der Waals surface area contributed by atoms with Gasteiger partial charge in [-0.15, -0.1) is 0 Å². The van der Waals surface area contributed by atoms with Crippen LogP contribution in [-0.2, 0) is 4.79 Å². The Bertz CT molecular complexity index is 742. The lowest BCUT2D eigenvalue weighted by molar-refractivity contribution is -0.122. The maximum atomic E-state index is 13.4. The predicted molar refractivity (Wildman–Crippen MR) is 74.9 cm³/mol. The Balaban J connectivity index is 1.98. The summed E-state index contributed by atoms with van der Waals surface area (Å²) in [7, 11) is 0. The summed E-state index contributed by atoms with van der Waals surface area (Å²) in [6.07, 6.45) is 0. The lowest BCUT2D eigenvalue weighted by Gasteiger charge is -2.12. The number of anilines is 1. The second kappa shape index (κ2) is 7.35. The molecule has 128 valence electrons. The minimum absolute atomic E-state index is 0.283. The first-order valence-corrected chi connectivity index (χ1v) is 6.63. The molecule has 0 heterocycles.